The van der Waals surface area contributed by atoms with Crippen LogP contribution in [0.2, 0.25) is 5.02 Å². The van der Waals surface area contributed by atoms with Gasteiger partial charge in [0.2, 0.25) is 0 Å². The van der Waals surface area contributed by atoms with E-state index in [1.54, 1.807) is 0 Å². The van der Waals surface area contributed by atoms with E-state index in [0.29, 0.717) is 0 Å². The molecule has 0 bridgehead atoms. The molecule has 0 fully saturated rings. The summed E-state index contributed by atoms with van der Waals surface area (Å²) in [7, 11) is 3.92. The first-order chi connectivity index (χ1) is 9.93. The Bertz CT molecular complexity index is 642. The molecule has 1 atom stereocenters. The molecule has 0 spiro atoms. The third kappa shape index (κ3) is 3.27. The zero-order chi connectivity index (χ0) is 15.6. The van der Waals surface area contributed by atoms with E-state index < -0.39 is 0 Å². The highest BCUT2D eigenvalue weighted by Crippen LogP contribution is 2.30. The van der Waals surface area contributed by atoms with Crippen LogP contribution in [-0.4, -0.2) is 24.1 Å². The minimum atomic E-state index is 0.168. The molecule has 2 aromatic rings. The molecule has 4 nitrogen and oxygen atoms in total. The van der Waals surface area contributed by atoms with Crippen LogP contribution in [0.1, 0.15) is 29.9 Å². The molecule has 1 unspecified atom stereocenters. The molecule has 21 heavy (non-hydrogen) atoms. The van der Waals surface area contributed by atoms with Gasteiger partial charge in [0.15, 0.2) is 0 Å². The van der Waals surface area contributed by atoms with Crippen LogP contribution in [0.5, 0.6) is 0 Å². The Hall–Kier alpha value is -1.81. The Morgan fingerprint density at radius 1 is 1.24 bits per heavy atom. The normalized spacial score (nSPS) is 12.1. The summed E-state index contributed by atoms with van der Waals surface area (Å²) in [6.45, 7) is 6.07. The number of aryl methyl sites for hydroxylation is 1. The van der Waals surface area contributed by atoms with Gasteiger partial charge in [-0.05, 0) is 38.5 Å². The molecule has 1 heterocycles. The predicted octanol–water partition coefficient (Wildman–Crippen LogP) is 3.99. The van der Waals surface area contributed by atoms with Gasteiger partial charge in [0.1, 0.15) is 17.5 Å². The summed E-state index contributed by atoms with van der Waals surface area (Å²) >= 11 is 6.09. The summed E-state index contributed by atoms with van der Waals surface area (Å²) in [5, 5.41) is 3.87. The van der Waals surface area contributed by atoms with Crippen molar-refractivity contribution >= 4 is 23.2 Å². The van der Waals surface area contributed by atoms with Crippen LogP contribution in [0.3, 0.4) is 0 Å². The van der Waals surface area contributed by atoms with Crippen molar-refractivity contribution < 1.29 is 0 Å². The van der Waals surface area contributed by atoms with Crippen LogP contribution < -0.4 is 10.2 Å². The number of nitrogens with zero attached hydrogens (tertiary/aromatic N) is 3. The number of rotatable bonds is 4. The number of hydrogen-bond acceptors (Lipinski definition) is 4. The second kappa shape index (κ2) is 6.31. The molecule has 0 saturated carbocycles. The fraction of sp³-hybridized carbons (Fsp3) is 0.375. The van der Waals surface area contributed by atoms with Gasteiger partial charge in [-0.25, -0.2) is 9.97 Å². The molecular weight excluding hydrogens is 284 g/mol. The van der Waals surface area contributed by atoms with Gasteiger partial charge in [0, 0.05) is 24.7 Å². The highest BCUT2D eigenvalue weighted by Gasteiger charge is 2.18. The molecule has 0 amide bonds. The third-order valence-electron chi connectivity index (χ3n) is 3.71. The first-order valence-electron chi connectivity index (χ1n) is 6.95. The SMILES string of the molecule is CNc1nc(C)nc(N(C)C(C)c2cccc(Cl)c2)c1C. The number of benzene rings is 1. The van der Waals surface area contributed by atoms with Crippen LogP contribution in [0.25, 0.3) is 0 Å². The Morgan fingerprint density at radius 3 is 2.57 bits per heavy atom. The highest BCUT2D eigenvalue weighted by atomic mass is 35.5. The van der Waals surface area contributed by atoms with E-state index >= 15 is 0 Å². The summed E-state index contributed by atoms with van der Waals surface area (Å²) in [5.74, 6) is 2.55. The molecular formula is C16H21ClN4. The summed E-state index contributed by atoms with van der Waals surface area (Å²) in [6.07, 6.45) is 0. The lowest BCUT2D eigenvalue weighted by Crippen LogP contribution is -2.24. The standard InChI is InChI=1S/C16H21ClN4/c1-10-15(18-4)19-12(3)20-16(10)21(5)11(2)13-7-6-8-14(17)9-13/h6-9,11H,1-5H3,(H,18,19,20). The van der Waals surface area contributed by atoms with Crippen LogP contribution in [0.4, 0.5) is 11.6 Å². The lowest BCUT2D eigenvalue weighted by molar-refractivity contribution is 0.721. The molecule has 1 aromatic carbocycles. The van der Waals surface area contributed by atoms with Gasteiger partial charge >= 0.3 is 0 Å². The average molecular weight is 305 g/mol. The molecule has 5 heteroatoms. The Balaban J connectivity index is 2.40. The fourth-order valence-corrected chi connectivity index (χ4v) is 2.57. The van der Waals surface area contributed by atoms with Gasteiger partial charge in [-0.2, -0.15) is 0 Å². The first-order valence-corrected chi connectivity index (χ1v) is 7.33. The maximum absolute atomic E-state index is 6.09. The van der Waals surface area contributed by atoms with Crippen LogP contribution in [0, 0.1) is 13.8 Å². The molecule has 0 aliphatic heterocycles. The lowest BCUT2D eigenvalue weighted by atomic mass is 10.1. The number of halogens is 1. The largest absolute Gasteiger partial charge is 0.373 e. The first kappa shape index (κ1) is 15.6. The van der Waals surface area contributed by atoms with E-state index in [1.165, 1.54) is 0 Å². The van der Waals surface area contributed by atoms with Crippen molar-refractivity contribution in [1.29, 1.82) is 0 Å². The second-order valence-corrected chi connectivity index (χ2v) is 5.60. The van der Waals surface area contributed by atoms with Crippen molar-refractivity contribution in [3.63, 3.8) is 0 Å². The van der Waals surface area contributed by atoms with Crippen molar-refractivity contribution in [3.8, 4) is 0 Å². The molecule has 0 saturated heterocycles. The van der Waals surface area contributed by atoms with Crippen molar-refractivity contribution in [2.45, 2.75) is 26.8 Å². The molecule has 1 N–H and O–H groups in total. The van der Waals surface area contributed by atoms with Crippen LogP contribution >= 0.6 is 11.6 Å². The van der Waals surface area contributed by atoms with Crippen molar-refractivity contribution in [1.82, 2.24) is 9.97 Å². The van der Waals surface area contributed by atoms with E-state index in [2.05, 4.69) is 33.2 Å². The quantitative estimate of drug-likeness (QED) is 0.927. The van der Waals surface area contributed by atoms with E-state index in [1.807, 2.05) is 46.1 Å². The minimum absolute atomic E-state index is 0.168. The van der Waals surface area contributed by atoms with Gasteiger partial charge in [0.05, 0.1) is 6.04 Å². The van der Waals surface area contributed by atoms with E-state index in [9.17, 15) is 0 Å². The smallest absolute Gasteiger partial charge is 0.137 e. The number of nitrogens with one attached hydrogen (secondary N) is 1. The summed E-state index contributed by atoms with van der Waals surface area (Å²) in [5.41, 5.74) is 2.20. The molecule has 0 aliphatic rings. The number of aromatic nitrogens is 2. The zero-order valence-electron chi connectivity index (χ0n) is 13.1. The predicted molar refractivity (Wildman–Crippen MR) is 89.3 cm³/mol. The summed E-state index contributed by atoms with van der Waals surface area (Å²) < 4.78 is 0. The van der Waals surface area contributed by atoms with E-state index in [0.717, 1.165) is 33.6 Å². The third-order valence-corrected chi connectivity index (χ3v) is 3.95. The Kier molecular flexibility index (Phi) is 4.68. The monoisotopic (exact) mass is 304 g/mol. The molecule has 112 valence electrons. The topological polar surface area (TPSA) is 41.1 Å². The summed E-state index contributed by atoms with van der Waals surface area (Å²) in [6, 6.07) is 8.10. The van der Waals surface area contributed by atoms with Gasteiger partial charge < -0.3 is 10.2 Å². The fourth-order valence-electron chi connectivity index (χ4n) is 2.37. The maximum atomic E-state index is 6.09. The molecule has 1 aromatic heterocycles. The number of anilines is 2. The van der Waals surface area contributed by atoms with Gasteiger partial charge in [-0.3, -0.25) is 0 Å². The van der Waals surface area contributed by atoms with Crippen molar-refractivity contribution in [3.05, 3.63) is 46.2 Å². The molecule has 0 aliphatic carbocycles. The maximum Gasteiger partial charge on any atom is 0.137 e. The lowest BCUT2D eigenvalue weighted by Gasteiger charge is -2.28. The second-order valence-electron chi connectivity index (χ2n) is 5.16. The zero-order valence-corrected chi connectivity index (χ0v) is 13.9. The van der Waals surface area contributed by atoms with Crippen molar-refractivity contribution in [2.24, 2.45) is 0 Å². The molecule has 2 rings (SSSR count). The van der Waals surface area contributed by atoms with Gasteiger partial charge in [-0.15, -0.1) is 0 Å². The van der Waals surface area contributed by atoms with Gasteiger partial charge in [0.25, 0.3) is 0 Å². The average Bonchev–Trinajstić information content (AvgIpc) is 2.47. The van der Waals surface area contributed by atoms with E-state index in [4.69, 9.17) is 11.6 Å². The molecule has 0 radical (unpaired) electrons. The van der Waals surface area contributed by atoms with Crippen LogP contribution in [-0.2, 0) is 0 Å². The Labute approximate surface area is 131 Å². The van der Waals surface area contributed by atoms with Gasteiger partial charge in [-0.1, -0.05) is 23.7 Å². The van der Waals surface area contributed by atoms with E-state index in [-0.39, 0.29) is 6.04 Å². The Morgan fingerprint density at radius 2 is 1.95 bits per heavy atom. The minimum Gasteiger partial charge on any atom is -0.373 e. The number of hydrogen-bond donors (Lipinski definition) is 1. The van der Waals surface area contributed by atoms with Crippen molar-refractivity contribution in [2.75, 3.05) is 24.3 Å². The summed E-state index contributed by atoms with van der Waals surface area (Å²) in [4.78, 5) is 11.2. The van der Waals surface area contributed by atoms with Crippen LogP contribution in [0.15, 0.2) is 24.3 Å². The highest BCUT2D eigenvalue weighted by molar-refractivity contribution is 6.30.